The van der Waals surface area contributed by atoms with Gasteiger partial charge in [-0.15, -0.1) is 0 Å². The third-order valence-electron chi connectivity index (χ3n) is 3.70. The first kappa shape index (κ1) is 15.6. The zero-order valence-electron chi connectivity index (χ0n) is 13.2. The number of fused-ring (bicyclic) bond motifs is 1. The summed E-state index contributed by atoms with van der Waals surface area (Å²) in [5, 5.41) is 0. The molecule has 1 aliphatic rings. The van der Waals surface area contributed by atoms with Gasteiger partial charge in [-0.2, -0.15) is 0 Å². The molecule has 0 saturated heterocycles. The van der Waals surface area contributed by atoms with E-state index < -0.39 is 6.04 Å². The summed E-state index contributed by atoms with van der Waals surface area (Å²) in [6.07, 6.45) is 0. The Kier molecular flexibility index (Phi) is 4.42. The van der Waals surface area contributed by atoms with E-state index in [0.29, 0.717) is 13.1 Å². The molecule has 0 saturated carbocycles. The van der Waals surface area contributed by atoms with Crippen LogP contribution < -0.4 is 15.2 Å². The lowest BCUT2D eigenvalue weighted by Gasteiger charge is -2.31. The van der Waals surface area contributed by atoms with E-state index in [0.717, 1.165) is 17.1 Å². The van der Waals surface area contributed by atoms with Gasteiger partial charge in [-0.25, -0.2) is 0 Å². The summed E-state index contributed by atoms with van der Waals surface area (Å²) < 4.78 is 10.7. The smallest absolute Gasteiger partial charge is 0.240 e. The maximum absolute atomic E-state index is 12.5. The van der Waals surface area contributed by atoms with Crippen molar-refractivity contribution >= 4 is 5.91 Å². The molecule has 2 N–H and O–H groups in total. The van der Waals surface area contributed by atoms with E-state index >= 15 is 0 Å². The maximum Gasteiger partial charge on any atom is 0.240 e. The highest BCUT2D eigenvalue weighted by atomic mass is 16.7. The minimum absolute atomic E-state index is 0.0253. The van der Waals surface area contributed by atoms with Gasteiger partial charge in [-0.1, -0.05) is 26.8 Å². The zero-order valence-corrected chi connectivity index (χ0v) is 13.2. The summed E-state index contributed by atoms with van der Waals surface area (Å²) in [7, 11) is 0. The van der Waals surface area contributed by atoms with Gasteiger partial charge in [-0.05, 0) is 30.0 Å². The fraction of sp³-hybridized carbons (Fsp3) is 0.562. The number of amides is 1. The van der Waals surface area contributed by atoms with Crippen molar-refractivity contribution in [2.45, 2.75) is 40.3 Å². The Bertz CT molecular complexity index is 523. The molecule has 0 spiro atoms. The van der Waals surface area contributed by atoms with Crippen LogP contribution in [0.2, 0.25) is 0 Å². The van der Waals surface area contributed by atoms with Gasteiger partial charge in [0.1, 0.15) is 0 Å². The van der Waals surface area contributed by atoms with Gasteiger partial charge in [0, 0.05) is 13.1 Å². The van der Waals surface area contributed by atoms with Gasteiger partial charge in [0.2, 0.25) is 12.7 Å². The normalized spacial score (nSPS) is 14.9. The molecule has 1 aromatic rings. The molecule has 1 aliphatic heterocycles. The number of carbonyl (C=O) groups excluding carboxylic acids is 1. The Morgan fingerprint density at radius 1 is 1.33 bits per heavy atom. The molecule has 0 aromatic heterocycles. The van der Waals surface area contributed by atoms with Crippen LogP contribution in [-0.4, -0.2) is 30.2 Å². The van der Waals surface area contributed by atoms with Gasteiger partial charge in [-0.3, -0.25) is 4.79 Å². The largest absolute Gasteiger partial charge is 0.454 e. The van der Waals surface area contributed by atoms with Crippen LogP contribution in [0.5, 0.6) is 11.5 Å². The van der Waals surface area contributed by atoms with E-state index in [4.69, 9.17) is 15.2 Å². The van der Waals surface area contributed by atoms with E-state index in [1.807, 2.05) is 45.9 Å². The minimum atomic E-state index is -0.508. The van der Waals surface area contributed by atoms with Gasteiger partial charge < -0.3 is 20.1 Å². The third-order valence-corrected chi connectivity index (χ3v) is 3.70. The molecule has 0 aliphatic carbocycles. The lowest BCUT2D eigenvalue weighted by atomic mass is 9.86. The molecule has 0 fully saturated rings. The Labute approximate surface area is 126 Å². The molecule has 5 heteroatoms. The highest BCUT2D eigenvalue weighted by Gasteiger charge is 2.30. The number of ether oxygens (including phenoxy) is 2. The van der Waals surface area contributed by atoms with Crippen LogP contribution >= 0.6 is 0 Å². The number of benzene rings is 1. The van der Waals surface area contributed by atoms with Crippen LogP contribution in [0.15, 0.2) is 18.2 Å². The van der Waals surface area contributed by atoms with Crippen LogP contribution in [-0.2, 0) is 11.3 Å². The SMILES string of the molecule is CCN(Cc1ccc2c(c1)OCO2)C(=O)[C@@H](N)C(C)(C)C. The third kappa shape index (κ3) is 3.47. The molecular formula is C16H24N2O3. The van der Waals surface area contributed by atoms with Gasteiger partial charge in [0.15, 0.2) is 11.5 Å². The summed E-state index contributed by atoms with van der Waals surface area (Å²) in [5.74, 6) is 1.46. The monoisotopic (exact) mass is 292 g/mol. The highest BCUT2D eigenvalue weighted by Crippen LogP contribution is 2.33. The highest BCUT2D eigenvalue weighted by molar-refractivity contribution is 5.82. The molecule has 2 rings (SSSR count). The van der Waals surface area contributed by atoms with Crippen molar-refractivity contribution in [2.24, 2.45) is 11.1 Å². The van der Waals surface area contributed by atoms with Crippen LogP contribution in [0.3, 0.4) is 0 Å². The second kappa shape index (κ2) is 5.93. The molecule has 1 atom stereocenters. The molecular weight excluding hydrogens is 268 g/mol. The second-order valence-electron chi connectivity index (χ2n) is 6.38. The molecule has 5 nitrogen and oxygen atoms in total. The first-order valence-corrected chi connectivity index (χ1v) is 7.26. The Morgan fingerprint density at radius 3 is 2.62 bits per heavy atom. The van der Waals surface area contributed by atoms with E-state index in [-0.39, 0.29) is 18.1 Å². The van der Waals surface area contributed by atoms with Crippen LogP contribution in [0.4, 0.5) is 0 Å². The average molecular weight is 292 g/mol. The summed E-state index contributed by atoms with van der Waals surface area (Å²) in [5.41, 5.74) is 6.84. The second-order valence-corrected chi connectivity index (χ2v) is 6.38. The standard InChI is InChI=1S/C16H24N2O3/c1-5-18(15(19)14(17)16(2,3)4)9-11-6-7-12-13(8-11)21-10-20-12/h6-8,14H,5,9-10,17H2,1-4H3/t14-/m1/s1. The lowest BCUT2D eigenvalue weighted by Crippen LogP contribution is -2.50. The molecule has 116 valence electrons. The van der Waals surface area contributed by atoms with Gasteiger partial charge >= 0.3 is 0 Å². The van der Waals surface area contributed by atoms with Crippen LogP contribution in [0, 0.1) is 5.41 Å². The molecule has 21 heavy (non-hydrogen) atoms. The molecule has 1 heterocycles. The molecule has 1 amide bonds. The van der Waals surface area contributed by atoms with E-state index in [9.17, 15) is 4.79 Å². The number of hydrogen-bond acceptors (Lipinski definition) is 4. The van der Waals surface area contributed by atoms with Crippen molar-refractivity contribution < 1.29 is 14.3 Å². The first-order chi connectivity index (χ1) is 9.82. The fourth-order valence-electron chi connectivity index (χ4n) is 2.17. The number of nitrogens with zero attached hydrogens (tertiary/aromatic N) is 1. The topological polar surface area (TPSA) is 64.8 Å². The van der Waals surface area contributed by atoms with E-state index in [1.165, 1.54) is 0 Å². The summed E-state index contributed by atoms with van der Waals surface area (Å²) in [6.45, 7) is 9.29. The average Bonchev–Trinajstić information content (AvgIpc) is 2.89. The molecule has 1 aromatic carbocycles. The van der Waals surface area contributed by atoms with Crippen molar-refractivity contribution in [3.8, 4) is 11.5 Å². The molecule has 0 radical (unpaired) electrons. The number of nitrogens with two attached hydrogens (primary N) is 1. The lowest BCUT2D eigenvalue weighted by molar-refractivity contribution is -0.135. The van der Waals surface area contributed by atoms with Crippen molar-refractivity contribution in [1.29, 1.82) is 0 Å². The summed E-state index contributed by atoms with van der Waals surface area (Å²) in [6, 6.07) is 5.23. The number of carbonyl (C=O) groups is 1. The molecule has 0 bridgehead atoms. The van der Waals surface area contributed by atoms with Crippen LogP contribution in [0.1, 0.15) is 33.3 Å². The van der Waals surface area contributed by atoms with E-state index in [1.54, 1.807) is 4.90 Å². The summed E-state index contributed by atoms with van der Waals surface area (Å²) in [4.78, 5) is 14.3. The van der Waals surface area contributed by atoms with Gasteiger partial charge in [0.25, 0.3) is 0 Å². The predicted octanol–water partition coefficient (Wildman–Crippen LogP) is 2.14. The minimum Gasteiger partial charge on any atom is -0.454 e. The van der Waals surface area contributed by atoms with Gasteiger partial charge in [0.05, 0.1) is 6.04 Å². The van der Waals surface area contributed by atoms with E-state index in [2.05, 4.69) is 0 Å². The number of likely N-dealkylation sites (N-methyl/N-ethyl adjacent to an activating group) is 1. The van der Waals surface area contributed by atoms with Crippen LogP contribution in [0.25, 0.3) is 0 Å². The number of hydrogen-bond donors (Lipinski definition) is 1. The fourth-order valence-corrected chi connectivity index (χ4v) is 2.17. The Morgan fingerprint density at radius 2 is 2.00 bits per heavy atom. The quantitative estimate of drug-likeness (QED) is 0.923. The Balaban J connectivity index is 2.10. The van der Waals surface area contributed by atoms with Crippen molar-refractivity contribution in [1.82, 2.24) is 4.90 Å². The van der Waals surface area contributed by atoms with Crippen molar-refractivity contribution in [3.05, 3.63) is 23.8 Å². The predicted molar refractivity (Wildman–Crippen MR) is 81.1 cm³/mol. The zero-order chi connectivity index (χ0) is 15.6. The Hall–Kier alpha value is -1.75. The van der Waals surface area contributed by atoms with Crippen molar-refractivity contribution in [2.75, 3.05) is 13.3 Å². The maximum atomic E-state index is 12.5. The number of rotatable bonds is 4. The molecule has 0 unspecified atom stereocenters. The first-order valence-electron chi connectivity index (χ1n) is 7.26. The summed E-state index contributed by atoms with van der Waals surface area (Å²) >= 11 is 0. The van der Waals surface area contributed by atoms with Crippen molar-refractivity contribution in [3.63, 3.8) is 0 Å².